The van der Waals surface area contributed by atoms with Crippen molar-refractivity contribution in [3.8, 4) is 5.75 Å². The number of nitrogens with one attached hydrogen (secondary N) is 1. The molecule has 2 amide bonds. The molecule has 28 heavy (non-hydrogen) atoms. The molecule has 0 aliphatic carbocycles. The van der Waals surface area contributed by atoms with Crippen molar-refractivity contribution in [2.45, 2.75) is 20.1 Å². The summed E-state index contributed by atoms with van der Waals surface area (Å²) < 4.78 is 20.3. The Morgan fingerprint density at radius 3 is 3.00 bits per heavy atom. The minimum atomic E-state index is -0.416. The van der Waals surface area contributed by atoms with Gasteiger partial charge in [-0.3, -0.25) is 14.9 Å². The quantitative estimate of drug-likeness (QED) is 0.628. The van der Waals surface area contributed by atoms with Crippen LogP contribution in [0, 0.1) is 12.7 Å². The highest BCUT2D eigenvalue weighted by Crippen LogP contribution is 2.34. The molecule has 2 aromatic heterocycles. The number of carbonyl (C=O) groups is 1. The molecule has 1 aromatic carbocycles. The SMILES string of the molecule is Cc1ccc(OCc2ncccc2F)cc1N1Cc2c(Br)cncc2NC1=O. The van der Waals surface area contributed by atoms with Gasteiger partial charge in [0.25, 0.3) is 0 Å². The number of hydrogen-bond donors (Lipinski definition) is 1. The normalized spacial score (nSPS) is 13.1. The Balaban J connectivity index is 1.60. The zero-order chi connectivity index (χ0) is 19.7. The Kier molecular flexibility index (Phi) is 4.95. The van der Waals surface area contributed by atoms with Gasteiger partial charge in [0.15, 0.2) is 0 Å². The number of nitrogens with zero attached hydrogens (tertiary/aromatic N) is 3. The van der Waals surface area contributed by atoms with Crippen LogP contribution in [0.15, 0.2) is 53.4 Å². The molecule has 0 saturated heterocycles. The third kappa shape index (κ3) is 3.55. The second-order valence-corrected chi connectivity index (χ2v) is 7.19. The number of rotatable bonds is 4. The molecule has 1 aliphatic rings. The van der Waals surface area contributed by atoms with E-state index in [9.17, 15) is 9.18 Å². The van der Waals surface area contributed by atoms with Crippen molar-refractivity contribution in [1.29, 1.82) is 0 Å². The molecule has 6 nitrogen and oxygen atoms in total. The lowest BCUT2D eigenvalue weighted by molar-refractivity contribution is 0.256. The van der Waals surface area contributed by atoms with Crippen molar-refractivity contribution in [3.05, 3.63) is 76.0 Å². The number of hydrogen-bond acceptors (Lipinski definition) is 4. The molecule has 3 heterocycles. The monoisotopic (exact) mass is 442 g/mol. The van der Waals surface area contributed by atoms with Gasteiger partial charge in [-0.15, -0.1) is 0 Å². The minimum Gasteiger partial charge on any atom is -0.487 e. The number of pyridine rings is 2. The van der Waals surface area contributed by atoms with E-state index < -0.39 is 5.82 Å². The van der Waals surface area contributed by atoms with Gasteiger partial charge in [-0.25, -0.2) is 9.18 Å². The second-order valence-electron chi connectivity index (χ2n) is 6.33. The minimum absolute atomic E-state index is 0.00141. The van der Waals surface area contributed by atoms with Crippen LogP contribution >= 0.6 is 15.9 Å². The van der Waals surface area contributed by atoms with Crippen LogP contribution in [0.5, 0.6) is 5.75 Å². The van der Waals surface area contributed by atoms with Crippen molar-refractivity contribution in [2.75, 3.05) is 10.2 Å². The summed E-state index contributed by atoms with van der Waals surface area (Å²) in [4.78, 5) is 22.3. The lowest BCUT2D eigenvalue weighted by atomic mass is 10.1. The molecule has 0 radical (unpaired) electrons. The Morgan fingerprint density at radius 2 is 2.18 bits per heavy atom. The second kappa shape index (κ2) is 7.55. The van der Waals surface area contributed by atoms with Gasteiger partial charge in [0.05, 0.1) is 24.1 Å². The summed E-state index contributed by atoms with van der Waals surface area (Å²) >= 11 is 3.48. The molecule has 0 spiro atoms. The Bertz CT molecular complexity index is 1060. The maximum absolute atomic E-state index is 13.7. The summed E-state index contributed by atoms with van der Waals surface area (Å²) in [6.45, 7) is 2.31. The molecule has 0 unspecified atom stereocenters. The van der Waals surface area contributed by atoms with E-state index in [2.05, 4.69) is 31.2 Å². The number of aromatic nitrogens is 2. The van der Waals surface area contributed by atoms with E-state index in [0.717, 1.165) is 15.6 Å². The lowest BCUT2D eigenvalue weighted by Gasteiger charge is -2.31. The van der Waals surface area contributed by atoms with Crippen LogP contribution in [0.1, 0.15) is 16.8 Å². The smallest absolute Gasteiger partial charge is 0.326 e. The van der Waals surface area contributed by atoms with Gasteiger partial charge in [0.1, 0.15) is 23.9 Å². The Labute approximate surface area is 169 Å². The number of halogens is 2. The summed E-state index contributed by atoms with van der Waals surface area (Å²) in [7, 11) is 0. The van der Waals surface area contributed by atoms with Gasteiger partial charge in [-0.05, 0) is 46.6 Å². The van der Waals surface area contributed by atoms with Crippen LogP contribution in [0.25, 0.3) is 0 Å². The molecular formula is C20H16BrFN4O2. The van der Waals surface area contributed by atoms with Gasteiger partial charge >= 0.3 is 6.03 Å². The molecule has 3 aromatic rings. The molecule has 4 rings (SSSR count). The summed E-state index contributed by atoms with van der Waals surface area (Å²) in [6, 6.07) is 8.05. The maximum Gasteiger partial charge on any atom is 0.326 e. The fourth-order valence-corrected chi connectivity index (χ4v) is 3.44. The first kappa shape index (κ1) is 18.4. The van der Waals surface area contributed by atoms with E-state index in [1.165, 1.54) is 18.3 Å². The molecular weight excluding hydrogens is 427 g/mol. The average Bonchev–Trinajstić information content (AvgIpc) is 2.68. The van der Waals surface area contributed by atoms with E-state index in [4.69, 9.17) is 4.74 Å². The number of carbonyl (C=O) groups excluding carboxylic acids is 1. The van der Waals surface area contributed by atoms with Gasteiger partial charge in [-0.1, -0.05) is 6.07 Å². The first-order valence-corrected chi connectivity index (χ1v) is 9.36. The number of fused-ring (bicyclic) bond motifs is 1. The van der Waals surface area contributed by atoms with Crippen molar-refractivity contribution in [1.82, 2.24) is 9.97 Å². The molecule has 0 saturated carbocycles. The van der Waals surface area contributed by atoms with E-state index in [1.807, 2.05) is 13.0 Å². The predicted octanol–water partition coefficient (Wildman–Crippen LogP) is 4.82. The van der Waals surface area contributed by atoms with Crippen molar-refractivity contribution >= 4 is 33.3 Å². The fraction of sp³-hybridized carbons (Fsp3) is 0.150. The third-order valence-corrected chi connectivity index (χ3v) is 5.17. The third-order valence-electron chi connectivity index (χ3n) is 4.49. The number of benzene rings is 1. The Hall–Kier alpha value is -3.00. The molecule has 0 fully saturated rings. The van der Waals surface area contributed by atoms with E-state index >= 15 is 0 Å². The van der Waals surface area contributed by atoms with Crippen LogP contribution in [-0.4, -0.2) is 16.0 Å². The summed E-state index contributed by atoms with van der Waals surface area (Å²) in [5.41, 5.74) is 3.49. The molecule has 0 bridgehead atoms. The van der Waals surface area contributed by atoms with Crippen LogP contribution in [0.2, 0.25) is 0 Å². The molecule has 0 atom stereocenters. The largest absolute Gasteiger partial charge is 0.487 e. The van der Waals surface area contributed by atoms with E-state index in [1.54, 1.807) is 29.4 Å². The molecule has 1 aliphatic heterocycles. The van der Waals surface area contributed by atoms with E-state index in [-0.39, 0.29) is 18.3 Å². The summed E-state index contributed by atoms with van der Waals surface area (Å²) in [5.74, 6) is 0.110. The van der Waals surface area contributed by atoms with Crippen molar-refractivity contribution in [3.63, 3.8) is 0 Å². The molecule has 1 N–H and O–H groups in total. The molecule has 8 heteroatoms. The average molecular weight is 443 g/mol. The first-order chi connectivity index (χ1) is 13.5. The molecule has 142 valence electrons. The van der Waals surface area contributed by atoms with Crippen LogP contribution in [0.4, 0.5) is 20.6 Å². The van der Waals surface area contributed by atoms with Gasteiger partial charge in [0.2, 0.25) is 0 Å². The number of urea groups is 1. The summed E-state index contributed by atoms with van der Waals surface area (Å²) in [6.07, 6.45) is 4.84. The number of amides is 2. The van der Waals surface area contributed by atoms with Crippen LogP contribution in [-0.2, 0) is 13.2 Å². The topological polar surface area (TPSA) is 67.3 Å². The fourth-order valence-electron chi connectivity index (χ4n) is 2.98. The highest BCUT2D eigenvalue weighted by Gasteiger charge is 2.27. The highest BCUT2D eigenvalue weighted by molar-refractivity contribution is 9.10. The number of ether oxygens (including phenoxy) is 1. The number of anilines is 2. The van der Waals surface area contributed by atoms with Gasteiger partial charge in [-0.2, -0.15) is 0 Å². The summed E-state index contributed by atoms with van der Waals surface area (Å²) in [5, 5.41) is 2.86. The van der Waals surface area contributed by atoms with Crippen molar-refractivity contribution < 1.29 is 13.9 Å². The Morgan fingerprint density at radius 1 is 1.32 bits per heavy atom. The lowest BCUT2D eigenvalue weighted by Crippen LogP contribution is -2.39. The maximum atomic E-state index is 13.7. The van der Waals surface area contributed by atoms with Crippen LogP contribution < -0.4 is 15.0 Å². The first-order valence-electron chi connectivity index (χ1n) is 8.56. The zero-order valence-electron chi connectivity index (χ0n) is 14.9. The van der Waals surface area contributed by atoms with Crippen LogP contribution in [0.3, 0.4) is 0 Å². The highest BCUT2D eigenvalue weighted by atomic mass is 79.9. The van der Waals surface area contributed by atoms with E-state index in [0.29, 0.717) is 23.7 Å². The van der Waals surface area contributed by atoms with Gasteiger partial charge in [0, 0.05) is 28.5 Å². The zero-order valence-corrected chi connectivity index (χ0v) is 16.5. The van der Waals surface area contributed by atoms with Gasteiger partial charge < -0.3 is 10.1 Å². The van der Waals surface area contributed by atoms with Crippen molar-refractivity contribution in [2.24, 2.45) is 0 Å². The number of aryl methyl sites for hydroxylation is 1. The predicted molar refractivity (Wildman–Crippen MR) is 107 cm³/mol. The standard InChI is InChI=1S/C20H16BrFN4O2/c1-12-4-5-13(28-11-18-16(22)3-2-6-24-18)7-19(12)26-10-14-15(21)8-23-9-17(14)25-20(26)27/h2-9H,10-11H2,1H3,(H,25,27).